The van der Waals surface area contributed by atoms with E-state index in [0.717, 1.165) is 12.8 Å². The van der Waals surface area contributed by atoms with E-state index in [4.69, 9.17) is 9.84 Å². The van der Waals surface area contributed by atoms with Gasteiger partial charge in [-0.05, 0) is 31.0 Å². The van der Waals surface area contributed by atoms with E-state index in [9.17, 15) is 9.59 Å². The summed E-state index contributed by atoms with van der Waals surface area (Å²) in [6, 6.07) is 4.45. The van der Waals surface area contributed by atoms with Gasteiger partial charge in [0.25, 0.3) is 0 Å². The zero-order chi connectivity index (χ0) is 14.3. The molecular weight excluding hydrogens is 246 g/mol. The summed E-state index contributed by atoms with van der Waals surface area (Å²) in [5.41, 5.74) is 0.530. The molecule has 19 heavy (non-hydrogen) atoms. The van der Waals surface area contributed by atoms with Crippen molar-refractivity contribution < 1.29 is 19.4 Å². The van der Waals surface area contributed by atoms with Gasteiger partial charge in [0.1, 0.15) is 5.75 Å². The minimum atomic E-state index is -1.03. The van der Waals surface area contributed by atoms with Crippen molar-refractivity contribution in [3.63, 3.8) is 0 Å². The van der Waals surface area contributed by atoms with Crippen LogP contribution in [0.4, 0.5) is 5.69 Å². The number of aromatic carboxylic acids is 1. The molecule has 0 saturated heterocycles. The van der Waals surface area contributed by atoms with Crippen LogP contribution < -0.4 is 10.1 Å². The third-order valence-corrected chi connectivity index (χ3v) is 2.44. The molecule has 0 aliphatic carbocycles. The lowest BCUT2D eigenvalue weighted by atomic mass is 10.2. The summed E-state index contributed by atoms with van der Waals surface area (Å²) >= 11 is 0. The van der Waals surface area contributed by atoms with Crippen LogP contribution in [0.15, 0.2) is 18.2 Å². The maximum absolute atomic E-state index is 11.6. The third-order valence-electron chi connectivity index (χ3n) is 2.44. The van der Waals surface area contributed by atoms with Gasteiger partial charge < -0.3 is 15.2 Å². The van der Waals surface area contributed by atoms with Crippen LogP contribution in [0.3, 0.4) is 0 Å². The highest BCUT2D eigenvalue weighted by molar-refractivity contribution is 5.95. The van der Waals surface area contributed by atoms with Crippen molar-refractivity contribution in [3.8, 4) is 5.75 Å². The van der Waals surface area contributed by atoms with Gasteiger partial charge in [0.2, 0.25) is 5.91 Å². The molecule has 1 aromatic rings. The molecule has 0 aliphatic rings. The minimum absolute atomic E-state index is 0.121. The van der Waals surface area contributed by atoms with E-state index >= 15 is 0 Å². The Balaban J connectivity index is 2.96. The third kappa shape index (κ3) is 4.62. The van der Waals surface area contributed by atoms with Crippen LogP contribution in [0.5, 0.6) is 5.75 Å². The topological polar surface area (TPSA) is 75.6 Å². The lowest BCUT2D eigenvalue weighted by Gasteiger charge is -2.12. The van der Waals surface area contributed by atoms with Crippen molar-refractivity contribution in [1.29, 1.82) is 0 Å². The molecule has 0 aromatic heterocycles. The van der Waals surface area contributed by atoms with Gasteiger partial charge in [0.15, 0.2) is 0 Å². The van der Waals surface area contributed by atoms with Gasteiger partial charge in [-0.15, -0.1) is 0 Å². The van der Waals surface area contributed by atoms with Gasteiger partial charge in [-0.25, -0.2) is 4.79 Å². The number of ether oxygens (including phenoxy) is 1. The molecule has 0 aliphatic heterocycles. The number of carboxylic acids is 1. The number of anilines is 1. The highest BCUT2D eigenvalue weighted by Crippen LogP contribution is 2.26. The van der Waals surface area contributed by atoms with Crippen LogP contribution >= 0.6 is 0 Å². The first kappa shape index (κ1) is 15.0. The predicted octanol–water partition coefficient (Wildman–Crippen LogP) is 2.91. The lowest BCUT2D eigenvalue weighted by molar-refractivity contribution is -0.116. The highest BCUT2D eigenvalue weighted by Gasteiger charge is 2.11. The fourth-order valence-electron chi connectivity index (χ4n) is 1.54. The van der Waals surface area contributed by atoms with Gasteiger partial charge in [0.05, 0.1) is 17.9 Å². The Bertz CT molecular complexity index is 457. The van der Waals surface area contributed by atoms with E-state index in [2.05, 4.69) is 5.32 Å². The van der Waals surface area contributed by atoms with Crippen LogP contribution in [-0.2, 0) is 4.79 Å². The fraction of sp³-hybridized carbons (Fsp3) is 0.429. The maximum atomic E-state index is 11.6. The minimum Gasteiger partial charge on any atom is -0.491 e. The number of nitrogens with one attached hydrogen (secondary N) is 1. The van der Waals surface area contributed by atoms with Crippen LogP contribution in [0.25, 0.3) is 0 Å². The molecule has 104 valence electrons. The Morgan fingerprint density at radius 3 is 2.58 bits per heavy atom. The standard InChI is InChI=1S/C14H19NO4/c1-3-5-13(16)15-11-9-10(14(17)18)6-7-12(11)19-8-4-2/h6-7,9H,3-5,8H2,1-2H3,(H,15,16)(H,17,18). The number of rotatable bonds is 7. The first-order chi connectivity index (χ1) is 9.08. The van der Waals surface area contributed by atoms with Gasteiger partial charge in [-0.1, -0.05) is 13.8 Å². The number of carbonyl (C=O) groups is 2. The zero-order valence-electron chi connectivity index (χ0n) is 11.2. The first-order valence-corrected chi connectivity index (χ1v) is 6.38. The monoisotopic (exact) mass is 265 g/mol. The number of benzene rings is 1. The summed E-state index contributed by atoms with van der Waals surface area (Å²) in [5.74, 6) is -0.685. The molecule has 0 bridgehead atoms. The van der Waals surface area contributed by atoms with Gasteiger partial charge >= 0.3 is 5.97 Å². The fourth-order valence-corrected chi connectivity index (χ4v) is 1.54. The average molecular weight is 265 g/mol. The Labute approximate surface area is 112 Å². The van der Waals surface area contributed by atoms with E-state index in [1.807, 2.05) is 13.8 Å². The average Bonchev–Trinajstić information content (AvgIpc) is 2.37. The summed E-state index contributed by atoms with van der Waals surface area (Å²) in [6.45, 7) is 4.39. The molecule has 5 heteroatoms. The first-order valence-electron chi connectivity index (χ1n) is 6.38. The Hall–Kier alpha value is -2.04. The molecule has 0 saturated carbocycles. The quantitative estimate of drug-likeness (QED) is 0.794. The summed E-state index contributed by atoms with van der Waals surface area (Å²) in [4.78, 5) is 22.5. The van der Waals surface area contributed by atoms with Crippen molar-refractivity contribution in [2.24, 2.45) is 0 Å². The van der Waals surface area contributed by atoms with Gasteiger partial charge in [0, 0.05) is 6.42 Å². The molecule has 1 amide bonds. The van der Waals surface area contributed by atoms with Crippen molar-refractivity contribution in [2.45, 2.75) is 33.1 Å². The van der Waals surface area contributed by atoms with Crippen molar-refractivity contribution in [1.82, 2.24) is 0 Å². The number of carboxylic acid groups (broad SMARTS) is 1. The molecule has 0 unspecified atom stereocenters. The molecule has 0 fully saturated rings. The maximum Gasteiger partial charge on any atom is 0.335 e. The normalized spacial score (nSPS) is 10.0. The molecule has 5 nitrogen and oxygen atoms in total. The summed E-state index contributed by atoms with van der Waals surface area (Å²) in [5, 5.41) is 11.6. The molecule has 0 atom stereocenters. The number of amides is 1. The Kier molecular flexibility index (Phi) is 5.85. The number of hydrogen-bond donors (Lipinski definition) is 2. The molecule has 2 N–H and O–H groups in total. The highest BCUT2D eigenvalue weighted by atomic mass is 16.5. The van der Waals surface area contributed by atoms with Crippen molar-refractivity contribution in [2.75, 3.05) is 11.9 Å². The van der Waals surface area contributed by atoms with Crippen LogP contribution in [-0.4, -0.2) is 23.6 Å². The summed E-state index contributed by atoms with van der Waals surface area (Å²) in [7, 11) is 0. The van der Waals surface area contributed by atoms with Crippen molar-refractivity contribution in [3.05, 3.63) is 23.8 Å². The largest absolute Gasteiger partial charge is 0.491 e. The van der Waals surface area contributed by atoms with E-state index in [-0.39, 0.29) is 11.5 Å². The lowest BCUT2D eigenvalue weighted by Crippen LogP contribution is -2.13. The van der Waals surface area contributed by atoms with E-state index in [0.29, 0.717) is 24.5 Å². The molecular formula is C14H19NO4. The molecule has 0 radical (unpaired) electrons. The van der Waals surface area contributed by atoms with E-state index < -0.39 is 5.97 Å². The van der Waals surface area contributed by atoms with Gasteiger partial charge in [-0.2, -0.15) is 0 Å². The van der Waals surface area contributed by atoms with Crippen LogP contribution in [0, 0.1) is 0 Å². The summed E-state index contributed by atoms with van der Waals surface area (Å²) < 4.78 is 5.49. The Morgan fingerprint density at radius 2 is 2.00 bits per heavy atom. The second kappa shape index (κ2) is 7.41. The second-order valence-electron chi connectivity index (χ2n) is 4.16. The van der Waals surface area contributed by atoms with E-state index in [1.165, 1.54) is 12.1 Å². The van der Waals surface area contributed by atoms with Crippen molar-refractivity contribution >= 4 is 17.6 Å². The molecule has 1 aromatic carbocycles. The Morgan fingerprint density at radius 1 is 1.26 bits per heavy atom. The smallest absolute Gasteiger partial charge is 0.335 e. The molecule has 1 rings (SSSR count). The molecule has 0 spiro atoms. The predicted molar refractivity (Wildman–Crippen MR) is 72.7 cm³/mol. The van der Waals surface area contributed by atoms with E-state index in [1.54, 1.807) is 6.07 Å². The zero-order valence-corrected chi connectivity index (χ0v) is 11.2. The number of hydrogen-bond acceptors (Lipinski definition) is 3. The number of carbonyl (C=O) groups excluding carboxylic acids is 1. The second-order valence-corrected chi connectivity index (χ2v) is 4.16. The summed E-state index contributed by atoms with van der Waals surface area (Å²) in [6.07, 6.45) is 1.96. The van der Waals surface area contributed by atoms with Crippen LogP contribution in [0.2, 0.25) is 0 Å². The van der Waals surface area contributed by atoms with Gasteiger partial charge in [-0.3, -0.25) is 4.79 Å². The molecule has 0 heterocycles. The SMILES string of the molecule is CCCOc1ccc(C(=O)O)cc1NC(=O)CCC. The van der Waals surface area contributed by atoms with Crippen LogP contribution in [0.1, 0.15) is 43.5 Å².